The molecular formula is C18H22ClNO5S. The number of sulfone groups is 1. The van der Waals surface area contributed by atoms with Gasteiger partial charge in [-0.1, -0.05) is 36.6 Å². The first-order valence-corrected chi connectivity index (χ1v) is 10.3. The summed E-state index contributed by atoms with van der Waals surface area (Å²) in [6.45, 7) is 1.74. The number of carbonyl (C=O) groups excluding carboxylic acids is 1. The SMILES string of the molecule is C/C=C/CC(NC(=O)C1(S(=O)(=O)c2ccc(Cl)cc2)CCCC1)C(=O)O. The molecule has 1 atom stereocenters. The maximum Gasteiger partial charge on any atom is 0.326 e. The quantitative estimate of drug-likeness (QED) is 0.686. The lowest BCUT2D eigenvalue weighted by atomic mass is 10.0. The largest absolute Gasteiger partial charge is 0.480 e. The van der Waals surface area contributed by atoms with Crippen LogP contribution in [0.1, 0.15) is 39.0 Å². The van der Waals surface area contributed by atoms with Crippen LogP contribution in [0, 0.1) is 0 Å². The second kappa shape index (κ2) is 8.22. The zero-order valence-electron chi connectivity index (χ0n) is 14.4. The summed E-state index contributed by atoms with van der Waals surface area (Å²) in [6.07, 6.45) is 4.90. The summed E-state index contributed by atoms with van der Waals surface area (Å²) < 4.78 is 24.8. The molecule has 1 unspecified atom stereocenters. The lowest BCUT2D eigenvalue weighted by molar-refractivity contribution is -0.142. The molecule has 8 heteroatoms. The maximum absolute atomic E-state index is 13.2. The fourth-order valence-electron chi connectivity index (χ4n) is 3.19. The number of halogens is 1. The summed E-state index contributed by atoms with van der Waals surface area (Å²) >= 11 is 5.83. The third-order valence-corrected chi connectivity index (χ3v) is 7.44. The second-order valence-electron chi connectivity index (χ2n) is 6.33. The molecule has 0 aliphatic heterocycles. The Morgan fingerprint density at radius 1 is 1.27 bits per heavy atom. The Kier molecular flexibility index (Phi) is 6.47. The number of amides is 1. The van der Waals surface area contributed by atoms with E-state index in [1.165, 1.54) is 24.3 Å². The first kappa shape index (κ1) is 20.5. The van der Waals surface area contributed by atoms with E-state index < -0.39 is 32.5 Å². The highest BCUT2D eigenvalue weighted by Gasteiger charge is 2.53. The predicted octanol–water partition coefficient (Wildman–Crippen LogP) is 2.96. The molecule has 0 saturated heterocycles. The van der Waals surface area contributed by atoms with Crippen LogP contribution in [0.5, 0.6) is 0 Å². The van der Waals surface area contributed by atoms with Gasteiger partial charge in [-0.15, -0.1) is 0 Å². The molecule has 0 radical (unpaired) electrons. The molecule has 1 amide bonds. The van der Waals surface area contributed by atoms with Crippen molar-refractivity contribution in [3.05, 3.63) is 41.4 Å². The van der Waals surface area contributed by atoms with Crippen LogP contribution in [0.3, 0.4) is 0 Å². The topological polar surface area (TPSA) is 101 Å². The van der Waals surface area contributed by atoms with Crippen LogP contribution in [0.25, 0.3) is 0 Å². The van der Waals surface area contributed by atoms with Crippen molar-refractivity contribution in [2.75, 3.05) is 0 Å². The van der Waals surface area contributed by atoms with Crippen LogP contribution in [-0.2, 0) is 19.4 Å². The molecule has 1 aromatic rings. The van der Waals surface area contributed by atoms with Crippen molar-refractivity contribution in [3.8, 4) is 0 Å². The third kappa shape index (κ3) is 3.94. The molecule has 0 bridgehead atoms. The third-order valence-electron chi connectivity index (χ3n) is 4.67. The van der Waals surface area contributed by atoms with Gasteiger partial charge < -0.3 is 10.4 Å². The number of carboxylic acids is 1. The van der Waals surface area contributed by atoms with Crippen molar-refractivity contribution >= 4 is 33.3 Å². The molecule has 0 heterocycles. The highest BCUT2D eigenvalue weighted by atomic mass is 35.5. The van der Waals surface area contributed by atoms with E-state index in [9.17, 15) is 23.1 Å². The van der Waals surface area contributed by atoms with Gasteiger partial charge in [-0.3, -0.25) is 4.79 Å². The van der Waals surface area contributed by atoms with Crippen LogP contribution in [-0.4, -0.2) is 36.2 Å². The van der Waals surface area contributed by atoms with Crippen molar-refractivity contribution in [3.63, 3.8) is 0 Å². The minimum atomic E-state index is -3.99. The Hall–Kier alpha value is -1.86. The van der Waals surface area contributed by atoms with E-state index in [2.05, 4.69) is 5.32 Å². The van der Waals surface area contributed by atoms with E-state index in [0.717, 1.165) is 0 Å². The molecule has 2 N–H and O–H groups in total. The fraction of sp³-hybridized carbons (Fsp3) is 0.444. The first-order chi connectivity index (χ1) is 12.2. The van der Waals surface area contributed by atoms with Crippen molar-refractivity contribution < 1.29 is 23.1 Å². The van der Waals surface area contributed by atoms with Gasteiger partial charge in [0.25, 0.3) is 0 Å². The highest BCUT2D eigenvalue weighted by Crippen LogP contribution is 2.41. The Balaban J connectivity index is 2.38. The molecule has 1 aliphatic rings. The summed E-state index contributed by atoms with van der Waals surface area (Å²) in [6, 6.07) is 4.50. The average molecular weight is 400 g/mol. The number of carboxylic acid groups (broad SMARTS) is 1. The molecule has 0 aromatic heterocycles. The van der Waals surface area contributed by atoms with Gasteiger partial charge in [0.1, 0.15) is 6.04 Å². The zero-order chi connectivity index (χ0) is 19.4. The van der Waals surface area contributed by atoms with E-state index in [-0.39, 0.29) is 24.2 Å². The lowest BCUT2D eigenvalue weighted by Crippen LogP contribution is -2.54. The standard InChI is InChI=1S/C18H22ClNO5S/c1-2-3-6-15(16(21)22)20-17(23)18(11-4-5-12-18)26(24,25)14-9-7-13(19)8-10-14/h2-3,7-10,15H,4-6,11-12H2,1H3,(H,20,23)(H,21,22)/b3-2+. The van der Waals surface area contributed by atoms with Gasteiger partial charge in [0.2, 0.25) is 5.91 Å². The molecule has 1 aromatic carbocycles. The minimum Gasteiger partial charge on any atom is -0.480 e. The fourth-order valence-corrected chi connectivity index (χ4v) is 5.39. The Morgan fingerprint density at radius 2 is 1.85 bits per heavy atom. The monoisotopic (exact) mass is 399 g/mol. The summed E-state index contributed by atoms with van der Waals surface area (Å²) in [5, 5.41) is 12.1. The number of nitrogens with one attached hydrogen (secondary N) is 1. The minimum absolute atomic E-state index is 0.0132. The number of aliphatic carboxylic acids is 1. The van der Waals surface area contributed by atoms with Gasteiger partial charge >= 0.3 is 5.97 Å². The van der Waals surface area contributed by atoms with Gasteiger partial charge in [0.05, 0.1) is 4.90 Å². The molecule has 142 valence electrons. The summed E-state index contributed by atoms with van der Waals surface area (Å²) in [5.41, 5.74) is 0. The van der Waals surface area contributed by atoms with E-state index in [0.29, 0.717) is 17.9 Å². The molecular weight excluding hydrogens is 378 g/mol. The predicted molar refractivity (Wildman–Crippen MR) is 98.8 cm³/mol. The molecule has 1 aliphatic carbocycles. The zero-order valence-corrected chi connectivity index (χ0v) is 16.0. The lowest BCUT2D eigenvalue weighted by Gasteiger charge is -2.29. The van der Waals surface area contributed by atoms with Gasteiger partial charge in [-0.2, -0.15) is 0 Å². The second-order valence-corrected chi connectivity index (χ2v) is 9.02. The van der Waals surface area contributed by atoms with Crippen LogP contribution < -0.4 is 5.32 Å². The van der Waals surface area contributed by atoms with Crippen LogP contribution >= 0.6 is 11.6 Å². The van der Waals surface area contributed by atoms with Crippen LogP contribution in [0.2, 0.25) is 5.02 Å². The van der Waals surface area contributed by atoms with Crippen molar-refractivity contribution in [2.45, 2.75) is 54.7 Å². The van der Waals surface area contributed by atoms with E-state index >= 15 is 0 Å². The Labute approximate surface area is 158 Å². The van der Waals surface area contributed by atoms with Crippen LogP contribution in [0.15, 0.2) is 41.3 Å². The van der Waals surface area contributed by atoms with Gasteiger partial charge in [-0.05, 0) is 50.5 Å². The number of hydrogen-bond acceptors (Lipinski definition) is 4. The Morgan fingerprint density at radius 3 is 2.35 bits per heavy atom. The molecule has 0 spiro atoms. The number of carbonyl (C=O) groups is 2. The van der Waals surface area contributed by atoms with Gasteiger partial charge in [0, 0.05) is 5.02 Å². The average Bonchev–Trinajstić information content (AvgIpc) is 3.10. The summed E-state index contributed by atoms with van der Waals surface area (Å²) in [7, 11) is -3.99. The normalized spacial score (nSPS) is 17.9. The molecule has 2 rings (SSSR count). The smallest absolute Gasteiger partial charge is 0.326 e. The van der Waals surface area contributed by atoms with Crippen molar-refractivity contribution in [2.24, 2.45) is 0 Å². The van der Waals surface area contributed by atoms with E-state index in [1.807, 2.05) is 0 Å². The maximum atomic E-state index is 13.2. The number of benzene rings is 1. The molecule has 26 heavy (non-hydrogen) atoms. The van der Waals surface area contributed by atoms with Crippen molar-refractivity contribution in [1.82, 2.24) is 5.32 Å². The van der Waals surface area contributed by atoms with Gasteiger partial charge in [-0.25, -0.2) is 13.2 Å². The van der Waals surface area contributed by atoms with E-state index in [4.69, 9.17) is 11.6 Å². The van der Waals surface area contributed by atoms with Crippen LogP contribution in [0.4, 0.5) is 0 Å². The molecule has 6 nitrogen and oxygen atoms in total. The van der Waals surface area contributed by atoms with Gasteiger partial charge in [0.15, 0.2) is 14.6 Å². The number of rotatable bonds is 7. The molecule has 1 saturated carbocycles. The Bertz CT molecular complexity index is 795. The first-order valence-electron chi connectivity index (χ1n) is 8.40. The number of allylic oxidation sites excluding steroid dienone is 1. The van der Waals surface area contributed by atoms with E-state index in [1.54, 1.807) is 19.1 Å². The van der Waals surface area contributed by atoms with Crippen molar-refractivity contribution in [1.29, 1.82) is 0 Å². The highest BCUT2D eigenvalue weighted by molar-refractivity contribution is 7.93. The summed E-state index contributed by atoms with van der Waals surface area (Å²) in [4.78, 5) is 24.3. The summed E-state index contributed by atoms with van der Waals surface area (Å²) in [5.74, 6) is -1.95. The number of hydrogen-bond donors (Lipinski definition) is 2. The molecule has 1 fully saturated rings.